The fraction of sp³-hybridized carbons (Fsp3) is 0. The van der Waals surface area contributed by atoms with Crippen LogP contribution in [0, 0.1) is 8.78 Å². The lowest BCUT2D eigenvalue weighted by Gasteiger charge is -2.05. The van der Waals surface area contributed by atoms with Crippen molar-refractivity contribution in [2.45, 2.75) is 0 Å². The molecule has 0 saturated carbocycles. The van der Waals surface area contributed by atoms with E-state index in [0.717, 1.165) is 0 Å². The second-order valence-electron chi connectivity index (χ2n) is 2.79. The molecule has 0 amide bonds. The second kappa shape index (κ2) is 3.43. The zero-order valence-electron chi connectivity index (χ0n) is 6.87. The molecule has 0 aliphatic carbocycles. The van der Waals surface area contributed by atoms with Crippen molar-refractivity contribution in [2.24, 2.45) is 0 Å². The van der Waals surface area contributed by atoms with Crippen LogP contribution in [-0.2, 0) is 0 Å². The number of hydrogen-bond donors (Lipinski definition) is 1. The van der Waals surface area contributed by atoms with Gasteiger partial charge in [-0.05, 0) is 34.7 Å². The van der Waals surface area contributed by atoms with Crippen molar-refractivity contribution in [3.05, 3.63) is 38.2 Å². The Hall–Kier alpha value is -0.750. The van der Waals surface area contributed by atoms with Crippen LogP contribution < -0.4 is 4.73 Å². The van der Waals surface area contributed by atoms with Crippen molar-refractivity contribution in [3.63, 3.8) is 0 Å². The van der Waals surface area contributed by atoms with E-state index in [2.05, 4.69) is 0 Å². The maximum Gasteiger partial charge on any atom is 0.268 e. The van der Waals surface area contributed by atoms with Gasteiger partial charge in [-0.3, -0.25) is 0 Å². The summed E-state index contributed by atoms with van der Waals surface area (Å²) in [6, 6.07) is 4.91. The Morgan fingerprint density at radius 2 is 2.21 bits per heavy atom. The van der Waals surface area contributed by atoms with Crippen LogP contribution in [0.4, 0.5) is 0 Å². The molecule has 2 rings (SSSR count). The zero-order valence-corrected chi connectivity index (χ0v) is 9.78. The van der Waals surface area contributed by atoms with Gasteiger partial charge < -0.3 is 10.3 Å². The predicted octanol–water partition coefficient (Wildman–Crippen LogP) is 2.44. The van der Waals surface area contributed by atoms with Crippen molar-refractivity contribution < 1.29 is 9.84 Å². The lowest BCUT2D eigenvalue weighted by atomic mass is 10.2. The number of aromatic hydroxyl groups is 1. The van der Waals surface area contributed by atoms with E-state index >= 15 is 0 Å². The summed E-state index contributed by atoms with van der Waals surface area (Å²) in [5, 5.41) is 22.1. The number of hydrogen-bond acceptors (Lipinski definition) is 2. The molecule has 0 bridgehead atoms. The average molecular weight is 322 g/mol. The summed E-state index contributed by atoms with van der Waals surface area (Å²) < 4.78 is 1.18. The molecule has 5 heteroatoms. The van der Waals surface area contributed by atoms with E-state index in [1.165, 1.54) is 6.20 Å². The lowest BCUT2D eigenvalue weighted by Crippen LogP contribution is -2.26. The number of aromatic nitrogens is 1. The number of fused-ring (bicyclic) bond motifs is 1. The third kappa shape index (κ3) is 1.38. The van der Waals surface area contributed by atoms with E-state index in [1.54, 1.807) is 18.2 Å². The Bertz CT molecular complexity index is 516. The molecule has 1 aromatic heterocycles. The fourth-order valence-corrected chi connectivity index (χ4v) is 2.30. The monoisotopic (exact) mass is 321 g/mol. The fourth-order valence-electron chi connectivity index (χ4n) is 1.28. The second-order valence-corrected chi connectivity index (χ2v) is 4.35. The van der Waals surface area contributed by atoms with Crippen LogP contribution in [0.2, 0.25) is 5.02 Å². The number of halogens is 2. The van der Waals surface area contributed by atoms with Crippen LogP contribution in [0.15, 0.2) is 24.4 Å². The van der Waals surface area contributed by atoms with Crippen LogP contribution in [0.3, 0.4) is 0 Å². The van der Waals surface area contributed by atoms with E-state index < -0.39 is 0 Å². The highest BCUT2D eigenvalue weighted by atomic mass is 127. The molecule has 0 atom stereocenters. The van der Waals surface area contributed by atoms with Gasteiger partial charge in [0.25, 0.3) is 5.52 Å². The highest BCUT2D eigenvalue weighted by Crippen LogP contribution is 2.32. The summed E-state index contributed by atoms with van der Waals surface area (Å²) in [5.74, 6) is -0.0272. The molecule has 0 aliphatic rings. The smallest absolute Gasteiger partial charge is 0.268 e. The first kappa shape index (κ1) is 9.79. The first-order valence-corrected chi connectivity index (χ1v) is 5.26. The van der Waals surface area contributed by atoms with Gasteiger partial charge in [-0.2, -0.15) is 4.73 Å². The van der Waals surface area contributed by atoms with Gasteiger partial charge in [0.05, 0.1) is 14.0 Å². The molecule has 0 unspecified atom stereocenters. The largest absolute Gasteiger partial charge is 0.618 e. The van der Waals surface area contributed by atoms with Gasteiger partial charge in [0.15, 0.2) is 6.20 Å². The van der Waals surface area contributed by atoms with E-state index in [1.807, 2.05) is 22.6 Å². The molecular formula is C9H5ClINO2. The first-order valence-electron chi connectivity index (χ1n) is 3.80. The lowest BCUT2D eigenvalue weighted by molar-refractivity contribution is -0.577. The van der Waals surface area contributed by atoms with Gasteiger partial charge in [-0.15, -0.1) is 0 Å². The minimum Gasteiger partial charge on any atom is -0.618 e. The molecular weight excluding hydrogens is 316 g/mol. The Kier molecular flexibility index (Phi) is 2.40. The Morgan fingerprint density at radius 1 is 1.50 bits per heavy atom. The molecule has 1 aromatic carbocycles. The highest BCUT2D eigenvalue weighted by Gasteiger charge is 2.15. The van der Waals surface area contributed by atoms with Crippen molar-refractivity contribution in [3.8, 4) is 5.75 Å². The van der Waals surface area contributed by atoms with Crippen LogP contribution in [-0.4, -0.2) is 5.11 Å². The minimum absolute atomic E-state index is 0.0272. The van der Waals surface area contributed by atoms with Crippen LogP contribution >= 0.6 is 34.2 Å². The average Bonchev–Trinajstić information content (AvgIpc) is 2.14. The number of pyridine rings is 1. The molecule has 0 fully saturated rings. The molecule has 0 saturated heterocycles. The maximum absolute atomic E-state index is 11.4. The quantitative estimate of drug-likeness (QED) is 0.460. The van der Waals surface area contributed by atoms with Crippen LogP contribution in [0.1, 0.15) is 0 Å². The highest BCUT2D eigenvalue weighted by molar-refractivity contribution is 14.1. The number of phenols is 1. The van der Waals surface area contributed by atoms with Gasteiger partial charge >= 0.3 is 0 Å². The summed E-state index contributed by atoms with van der Waals surface area (Å²) in [6.45, 7) is 0. The SMILES string of the molecule is [O-][n+]1cccc2c(Cl)cc(I)c(O)c21. The Labute approximate surface area is 98.7 Å². The molecule has 1 N–H and O–H groups in total. The number of rotatable bonds is 0. The molecule has 2 aromatic rings. The summed E-state index contributed by atoms with van der Waals surface area (Å²) in [6.07, 6.45) is 1.33. The number of benzene rings is 1. The normalized spacial score (nSPS) is 10.7. The molecule has 0 radical (unpaired) electrons. The van der Waals surface area contributed by atoms with E-state index in [0.29, 0.717) is 18.7 Å². The van der Waals surface area contributed by atoms with Gasteiger partial charge in [0.2, 0.25) is 5.75 Å². The summed E-state index contributed by atoms with van der Waals surface area (Å²) in [5.41, 5.74) is 0.212. The zero-order chi connectivity index (χ0) is 10.3. The molecule has 3 nitrogen and oxygen atoms in total. The summed E-state index contributed by atoms with van der Waals surface area (Å²) in [7, 11) is 0. The van der Waals surface area contributed by atoms with E-state index in [9.17, 15) is 10.3 Å². The number of phenolic OH excluding ortho intramolecular Hbond substituents is 1. The van der Waals surface area contributed by atoms with Gasteiger partial charge in [0, 0.05) is 6.07 Å². The topological polar surface area (TPSA) is 47.2 Å². The predicted molar refractivity (Wildman–Crippen MR) is 62.3 cm³/mol. The Morgan fingerprint density at radius 3 is 2.93 bits per heavy atom. The van der Waals surface area contributed by atoms with E-state index in [-0.39, 0.29) is 11.3 Å². The molecule has 72 valence electrons. The standard InChI is InChI=1S/C9H5ClINO2/c10-6-4-7(11)9(13)8-5(6)2-1-3-12(8)14/h1-4,13H. The van der Waals surface area contributed by atoms with Crippen LogP contribution in [0.5, 0.6) is 5.75 Å². The summed E-state index contributed by atoms with van der Waals surface area (Å²) in [4.78, 5) is 0. The van der Waals surface area contributed by atoms with Crippen molar-refractivity contribution in [2.75, 3.05) is 0 Å². The minimum atomic E-state index is -0.0272. The van der Waals surface area contributed by atoms with Crippen molar-refractivity contribution in [1.29, 1.82) is 0 Å². The van der Waals surface area contributed by atoms with E-state index in [4.69, 9.17) is 11.6 Å². The van der Waals surface area contributed by atoms with Crippen molar-refractivity contribution >= 4 is 45.1 Å². The third-order valence-corrected chi connectivity index (χ3v) is 3.06. The molecule has 14 heavy (non-hydrogen) atoms. The maximum atomic E-state index is 11.4. The molecule has 1 heterocycles. The van der Waals surface area contributed by atoms with Crippen molar-refractivity contribution in [1.82, 2.24) is 0 Å². The molecule has 0 spiro atoms. The van der Waals surface area contributed by atoms with Gasteiger partial charge in [-0.25, -0.2) is 0 Å². The van der Waals surface area contributed by atoms with Gasteiger partial charge in [-0.1, -0.05) is 11.6 Å². The number of nitrogens with zero attached hydrogens (tertiary/aromatic N) is 1. The van der Waals surface area contributed by atoms with Crippen LogP contribution in [0.25, 0.3) is 10.9 Å². The Balaban J connectivity index is 3.03. The summed E-state index contributed by atoms with van der Waals surface area (Å²) >= 11 is 7.87. The van der Waals surface area contributed by atoms with Gasteiger partial charge in [0.1, 0.15) is 0 Å². The third-order valence-electron chi connectivity index (χ3n) is 1.92. The molecule has 0 aliphatic heterocycles. The first-order chi connectivity index (χ1) is 6.61.